The van der Waals surface area contributed by atoms with Crippen LogP contribution >= 0.6 is 11.6 Å². The SMILES string of the molecule is CN(C)c1ccc(O)c2c1C[C@H]1C[C@H]3CC(O)C(C(=O)NCNC(=O)CCl)C(=O)[C@@]3(O)C(O)=C1C2=O. The van der Waals surface area contributed by atoms with Crippen molar-refractivity contribution >= 4 is 40.7 Å². The molecule has 0 spiro atoms. The van der Waals surface area contributed by atoms with E-state index in [1.54, 1.807) is 25.1 Å². The van der Waals surface area contributed by atoms with E-state index in [0.29, 0.717) is 11.3 Å². The van der Waals surface area contributed by atoms with Gasteiger partial charge in [0.1, 0.15) is 23.3 Å². The summed E-state index contributed by atoms with van der Waals surface area (Å²) in [6.07, 6.45) is -1.26. The van der Waals surface area contributed by atoms with E-state index in [2.05, 4.69) is 10.6 Å². The summed E-state index contributed by atoms with van der Waals surface area (Å²) in [5, 5.41) is 48.3. The predicted molar refractivity (Wildman–Crippen MR) is 128 cm³/mol. The Bertz CT molecular complexity index is 1180. The number of phenols is 1. The second-order valence-electron chi connectivity index (χ2n) is 9.64. The van der Waals surface area contributed by atoms with Crippen LogP contribution in [0.1, 0.15) is 28.8 Å². The number of ketones is 2. The minimum absolute atomic E-state index is 0.00586. The molecule has 12 heteroatoms. The van der Waals surface area contributed by atoms with Crippen LogP contribution in [0.2, 0.25) is 0 Å². The number of Topliss-reactive ketones (excluding diaryl/α,β-unsaturated/α-hetero) is 2. The summed E-state index contributed by atoms with van der Waals surface area (Å²) in [7, 11) is 3.59. The van der Waals surface area contributed by atoms with Crippen LogP contribution < -0.4 is 15.5 Å². The smallest absolute Gasteiger partial charge is 0.236 e. The van der Waals surface area contributed by atoms with Crippen molar-refractivity contribution in [3.63, 3.8) is 0 Å². The average Bonchev–Trinajstić information content (AvgIpc) is 2.81. The van der Waals surface area contributed by atoms with E-state index < -0.39 is 58.6 Å². The topological polar surface area (TPSA) is 176 Å². The number of anilines is 1. The molecule has 0 saturated heterocycles. The maximum atomic E-state index is 13.5. The lowest BCUT2D eigenvalue weighted by molar-refractivity contribution is -0.168. The number of nitrogens with one attached hydrogen (secondary N) is 2. The molecule has 0 radical (unpaired) electrons. The van der Waals surface area contributed by atoms with Crippen LogP contribution in [0, 0.1) is 17.8 Å². The molecule has 0 heterocycles. The van der Waals surface area contributed by atoms with Crippen molar-refractivity contribution in [1.29, 1.82) is 0 Å². The van der Waals surface area contributed by atoms with Gasteiger partial charge in [0.25, 0.3) is 0 Å². The number of rotatable bonds is 5. The molecule has 0 aromatic heterocycles. The Hall–Kier alpha value is -3.15. The first-order valence-electron chi connectivity index (χ1n) is 11.5. The molecule has 4 rings (SSSR count). The van der Waals surface area contributed by atoms with E-state index in [9.17, 15) is 39.6 Å². The first-order chi connectivity index (χ1) is 16.9. The molecule has 36 heavy (non-hydrogen) atoms. The maximum absolute atomic E-state index is 13.5. The molecule has 2 unspecified atom stereocenters. The highest BCUT2D eigenvalue weighted by molar-refractivity contribution is 6.27. The van der Waals surface area contributed by atoms with Gasteiger partial charge in [-0.2, -0.15) is 0 Å². The standard InChI is InChI=1S/C24H28ClN3O8/c1-28(2)13-3-4-14(29)18-12(13)6-10-5-11-7-15(30)19(23(35)27-9-26-16(31)8-25)22(34)24(11,36)21(33)17(10)20(18)32/h3-4,10-11,15,19,29-30,33,36H,5-9H2,1-2H3,(H,26,31)(H,27,35)/t10-,11+,15?,19?,24+/m1/s1. The van der Waals surface area contributed by atoms with Crippen LogP contribution in [0.4, 0.5) is 5.69 Å². The summed E-state index contributed by atoms with van der Waals surface area (Å²) < 4.78 is 0. The van der Waals surface area contributed by atoms with Gasteiger partial charge in [-0.1, -0.05) is 0 Å². The van der Waals surface area contributed by atoms with Gasteiger partial charge in [0, 0.05) is 31.3 Å². The average molecular weight is 522 g/mol. The summed E-state index contributed by atoms with van der Waals surface area (Å²) >= 11 is 5.38. The summed E-state index contributed by atoms with van der Waals surface area (Å²) in [6.45, 7) is -0.360. The lowest BCUT2D eigenvalue weighted by Gasteiger charge is -2.48. The van der Waals surface area contributed by atoms with Crippen LogP contribution in [0.3, 0.4) is 0 Å². The van der Waals surface area contributed by atoms with Gasteiger partial charge in [-0.05, 0) is 42.9 Å². The van der Waals surface area contributed by atoms with E-state index in [4.69, 9.17) is 11.6 Å². The van der Waals surface area contributed by atoms with Crippen LogP contribution in [0.15, 0.2) is 23.5 Å². The predicted octanol–water partition coefficient (Wildman–Crippen LogP) is -0.245. The number of halogens is 1. The van der Waals surface area contributed by atoms with E-state index in [1.165, 1.54) is 6.07 Å². The third-order valence-corrected chi connectivity index (χ3v) is 7.62. The molecule has 3 aliphatic carbocycles. The van der Waals surface area contributed by atoms with Gasteiger partial charge in [-0.15, -0.1) is 11.6 Å². The number of nitrogens with zero attached hydrogens (tertiary/aromatic N) is 1. The normalized spacial score (nSPS) is 29.1. The maximum Gasteiger partial charge on any atom is 0.236 e. The van der Waals surface area contributed by atoms with Gasteiger partial charge in [0.15, 0.2) is 17.2 Å². The van der Waals surface area contributed by atoms with Crippen molar-refractivity contribution in [2.75, 3.05) is 31.5 Å². The molecular formula is C24H28ClN3O8. The molecule has 0 aliphatic heterocycles. The number of allylic oxidation sites excluding steroid dienone is 1. The molecule has 1 aromatic rings. The molecule has 1 fully saturated rings. The van der Waals surface area contributed by atoms with Crippen LogP contribution in [0.25, 0.3) is 0 Å². The number of hydrogen-bond acceptors (Lipinski definition) is 9. The third-order valence-electron chi connectivity index (χ3n) is 7.38. The number of aliphatic hydroxyl groups excluding tert-OH is 2. The van der Waals surface area contributed by atoms with Gasteiger partial charge in [-0.3, -0.25) is 19.2 Å². The molecule has 5 atom stereocenters. The molecule has 3 aliphatic rings. The minimum Gasteiger partial charge on any atom is -0.508 e. The number of aliphatic hydroxyl groups is 3. The Morgan fingerprint density at radius 2 is 1.86 bits per heavy atom. The molecule has 6 N–H and O–H groups in total. The number of alkyl halides is 1. The molecule has 11 nitrogen and oxygen atoms in total. The number of carbonyl (C=O) groups is 4. The summed E-state index contributed by atoms with van der Waals surface area (Å²) in [5.41, 5.74) is -1.43. The third kappa shape index (κ3) is 3.91. The Morgan fingerprint density at radius 1 is 1.17 bits per heavy atom. The van der Waals surface area contributed by atoms with E-state index in [1.807, 2.05) is 0 Å². The van der Waals surface area contributed by atoms with Crippen molar-refractivity contribution in [3.8, 4) is 5.75 Å². The first-order valence-corrected chi connectivity index (χ1v) is 12.0. The van der Waals surface area contributed by atoms with Crippen LogP contribution in [-0.2, 0) is 20.8 Å². The summed E-state index contributed by atoms with van der Waals surface area (Å²) in [6, 6.07) is 3.05. The number of aromatic hydroxyl groups is 1. The zero-order valence-electron chi connectivity index (χ0n) is 19.7. The van der Waals surface area contributed by atoms with Gasteiger partial charge in [0.05, 0.1) is 18.3 Å². The number of amides is 2. The number of phenolic OH excluding ortho intramolecular Hbond substituents is 1. The molecule has 194 valence electrons. The van der Waals surface area contributed by atoms with Gasteiger partial charge in [0.2, 0.25) is 11.8 Å². The highest BCUT2D eigenvalue weighted by Gasteiger charge is 2.62. The quantitative estimate of drug-likeness (QED) is 0.173. The van der Waals surface area contributed by atoms with Crippen LogP contribution in [-0.4, -0.2) is 82.2 Å². The fourth-order valence-electron chi connectivity index (χ4n) is 5.69. The Balaban J connectivity index is 1.71. The zero-order valence-corrected chi connectivity index (χ0v) is 20.5. The van der Waals surface area contributed by atoms with Crippen molar-refractivity contribution < 1.29 is 39.6 Å². The molecule has 2 amide bonds. The summed E-state index contributed by atoms with van der Waals surface area (Å²) in [4.78, 5) is 52.6. The van der Waals surface area contributed by atoms with Crippen molar-refractivity contribution in [2.45, 2.75) is 31.0 Å². The summed E-state index contributed by atoms with van der Waals surface area (Å²) in [5.74, 6) is -8.07. The zero-order chi connectivity index (χ0) is 26.5. The van der Waals surface area contributed by atoms with Crippen molar-refractivity contribution in [3.05, 3.63) is 34.6 Å². The van der Waals surface area contributed by atoms with E-state index in [-0.39, 0.29) is 48.7 Å². The Labute approximate surface area is 211 Å². The highest BCUT2D eigenvalue weighted by Crippen LogP contribution is 2.52. The Morgan fingerprint density at radius 3 is 2.50 bits per heavy atom. The lowest BCUT2D eigenvalue weighted by Crippen LogP contribution is -2.64. The highest BCUT2D eigenvalue weighted by atomic mass is 35.5. The number of carbonyl (C=O) groups excluding carboxylic acids is 4. The van der Waals surface area contributed by atoms with E-state index in [0.717, 1.165) is 0 Å². The number of fused-ring (bicyclic) bond motifs is 3. The number of benzene rings is 1. The fraction of sp³-hybridized carbons (Fsp3) is 0.500. The van der Waals surface area contributed by atoms with Gasteiger partial charge in [-0.25, -0.2) is 0 Å². The van der Waals surface area contributed by atoms with Crippen LogP contribution in [0.5, 0.6) is 5.75 Å². The second kappa shape index (κ2) is 9.38. The number of hydrogen-bond donors (Lipinski definition) is 6. The molecular weight excluding hydrogens is 494 g/mol. The van der Waals surface area contributed by atoms with Crippen molar-refractivity contribution in [2.24, 2.45) is 17.8 Å². The first kappa shape index (κ1) is 25.9. The Kier molecular flexibility index (Phi) is 6.76. The van der Waals surface area contributed by atoms with Gasteiger partial charge < -0.3 is 36.0 Å². The second-order valence-corrected chi connectivity index (χ2v) is 9.91. The largest absolute Gasteiger partial charge is 0.508 e. The minimum atomic E-state index is -2.56. The molecule has 0 bridgehead atoms. The molecule has 1 aromatic carbocycles. The monoisotopic (exact) mass is 521 g/mol. The fourth-order valence-corrected chi connectivity index (χ4v) is 5.79. The lowest BCUT2D eigenvalue weighted by atomic mass is 9.58. The van der Waals surface area contributed by atoms with E-state index >= 15 is 0 Å². The van der Waals surface area contributed by atoms with Gasteiger partial charge >= 0.3 is 0 Å². The molecule has 1 saturated carbocycles. The van der Waals surface area contributed by atoms with Crippen molar-refractivity contribution in [1.82, 2.24) is 10.6 Å².